The highest BCUT2D eigenvalue weighted by atomic mass is 19.4. The SMILES string of the molecule is CCC(CC)(Nc1ccnc(-c2c[nH]c3ncccc23)n1)C(=O)NCC(F)(F)F. The number of pyridine rings is 1. The summed E-state index contributed by atoms with van der Waals surface area (Å²) in [6.45, 7) is 2.08. The maximum atomic E-state index is 12.5. The number of aromatic amines is 1. The van der Waals surface area contributed by atoms with E-state index in [9.17, 15) is 18.0 Å². The second-order valence-corrected chi connectivity index (χ2v) is 6.58. The van der Waals surface area contributed by atoms with Crippen LogP contribution in [0.15, 0.2) is 36.8 Å². The molecule has 0 fully saturated rings. The number of aromatic nitrogens is 4. The Hall–Kier alpha value is -3.17. The fraction of sp³-hybridized carbons (Fsp3) is 0.368. The molecular formula is C19H21F3N6O. The number of fused-ring (bicyclic) bond motifs is 1. The zero-order valence-electron chi connectivity index (χ0n) is 16.0. The Morgan fingerprint density at radius 2 is 1.90 bits per heavy atom. The number of anilines is 1. The molecule has 0 aliphatic carbocycles. The molecule has 0 spiro atoms. The highest BCUT2D eigenvalue weighted by Gasteiger charge is 2.37. The van der Waals surface area contributed by atoms with Crippen molar-refractivity contribution in [1.29, 1.82) is 0 Å². The number of hydrogen-bond donors (Lipinski definition) is 3. The standard InChI is InChI=1S/C19H21F3N6O/c1-3-18(4-2,17(29)26-11-19(20,21)22)28-14-7-9-24-16(27-14)13-10-25-15-12(13)6-5-8-23-15/h5-10H,3-4,11H2,1-2H3,(H,23,25)(H,26,29)(H,24,27,28). The predicted octanol–water partition coefficient (Wildman–Crippen LogP) is 3.67. The summed E-state index contributed by atoms with van der Waals surface area (Å²) in [4.78, 5) is 28.6. The normalized spacial score (nSPS) is 12.2. The van der Waals surface area contributed by atoms with Crippen LogP contribution in [0.1, 0.15) is 26.7 Å². The minimum Gasteiger partial charge on any atom is -0.356 e. The molecule has 0 saturated heterocycles. The van der Waals surface area contributed by atoms with Crippen LogP contribution in [0.25, 0.3) is 22.4 Å². The first-order valence-electron chi connectivity index (χ1n) is 9.17. The maximum absolute atomic E-state index is 12.5. The van der Waals surface area contributed by atoms with Gasteiger partial charge >= 0.3 is 6.18 Å². The van der Waals surface area contributed by atoms with Gasteiger partial charge in [0, 0.05) is 29.5 Å². The van der Waals surface area contributed by atoms with E-state index in [1.165, 1.54) is 6.20 Å². The van der Waals surface area contributed by atoms with Gasteiger partial charge in [0.25, 0.3) is 0 Å². The van der Waals surface area contributed by atoms with E-state index < -0.39 is 24.2 Å². The largest absolute Gasteiger partial charge is 0.405 e. The molecule has 154 valence electrons. The van der Waals surface area contributed by atoms with Gasteiger partial charge in [-0.05, 0) is 31.0 Å². The predicted molar refractivity (Wildman–Crippen MR) is 103 cm³/mol. The van der Waals surface area contributed by atoms with Gasteiger partial charge < -0.3 is 15.6 Å². The van der Waals surface area contributed by atoms with Gasteiger partial charge in [-0.1, -0.05) is 13.8 Å². The third-order valence-electron chi connectivity index (χ3n) is 4.81. The molecule has 29 heavy (non-hydrogen) atoms. The van der Waals surface area contributed by atoms with E-state index >= 15 is 0 Å². The van der Waals surface area contributed by atoms with Crippen LogP contribution in [0.5, 0.6) is 0 Å². The zero-order valence-corrected chi connectivity index (χ0v) is 16.0. The lowest BCUT2D eigenvalue weighted by Crippen LogP contribution is -2.53. The van der Waals surface area contributed by atoms with E-state index in [-0.39, 0.29) is 12.8 Å². The molecule has 1 amide bonds. The summed E-state index contributed by atoms with van der Waals surface area (Å²) in [5, 5.41) is 5.83. The van der Waals surface area contributed by atoms with E-state index in [1.807, 2.05) is 11.4 Å². The molecule has 3 N–H and O–H groups in total. The van der Waals surface area contributed by atoms with Gasteiger partial charge in [0.05, 0.1) is 0 Å². The molecule has 0 radical (unpaired) electrons. The Morgan fingerprint density at radius 3 is 2.59 bits per heavy atom. The van der Waals surface area contributed by atoms with Crippen LogP contribution in [0.2, 0.25) is 0 Å². The smallest absolute Gasteiger partial charge is 0.356 e. The number of nitrogens with one attached hydrogen (secondary N) is 3. The van der Waals surface area contributed by atoms with Gasteiger partial charge in [0.1, 0.15) is 23.5 Å². The number of carbonyl (C=O) groups is 1. The Balaban J connectivity index is 1.88. The molecule has 0 aromatic carbocycles. The van der Waals surface area contributed by atoms with Crippen molar-refractivity contribution in [3.05, 3.63) is 36.8 Å². The summed E-state index contributed by atoms with van der Waals surface area (Å²) in [7, 11) is 0. The molecule has 7 nitrogen and oxygen atoms in total. The lowest BCUT2D eigenvalue weighted by Gasteiger charge is -2.32. The van der Waals surface area contributed by atoms with E-state index in [0.717, 1.165) is 10.9 Å². The molecule has 10 heteroatoms. The molecule has 0 saturated carbocycles. The monoisotopic (exact) mass is 406 g/mol. The first-order valence-corrected chi connectivity index (χ1v) is 9.17. The Kier molecular flexibility index (Phi) is 5.71. The Morgan fingerprint density at radius 1 is 1.14 bits per heavy atom. The van der Waals surface area contributed by atoms with E-state index in [1.54, 1.807) is 38.4 Å². The van der Waals surface area contributed by atoms with Gasteiger partial charge in [-0.25, -0.2) is 15.0 Å². The van der Waals surface area contributed by atoms with Crippen molar-refractivity contribution in [2.75, 3.05) is 11.9 Å². The minimum atomic E-state index is -4.48. The third kappa shape index (κ3) is 4.47. The van der Waals surface area contributed by atoms with Crippen molar-refractivity contribution in [1.82, 2.24) is 25.3 Å². The van der Waals surface area contributed by atoms with Crippen LogP contribution in [-0.2, 0) is 4.79 Å². The highest BCUT2D eigenvalue weighted by Crippen LogP contribution is 2.27. The van der Waals surface area contributed by atoms with Crippen LogP contribution in [0.3, 0.4) is 0 Å². The second kappa shape index (κ2) is 8.06. The van der Waals surface area contributed by atoms with Gasteiger partial charge in [-0.15, -0.1) is 0 Å². The number of halogens is 3. The summed E-state index contributed by atoms with van der Waals surface area (Å²) >= 11 is 0. The van der Waals surface area contributed by atoms with Crippen molar-refractivity contribution in [2.45, 2.75) is 38.4 Å². The average molecular weight is 406 g/mol. The van der Waals surface area contributed by atoms with Crippen molar-refractivity contribution < 1.29 is 18.0 Å². The van der Waals surface area contributed by atoms with Gasteiger partial charge in [0.15, 0.2) is 5.82 Å². The van der Waals surface area contributed by atoms with Crippen LogP contribution < -0.4 is 10.6 Å². The second-order valence-electron chi connectivity index (χ2n) is 6.58. The maximum Gasteiger partial charge on any atom is 0.405 e. The van der Waals surface area contributed by atoms with Crippen molar-refractivity contribution >= 4 is 22.8 Å². The first kappa shape index (κ1) is 20.6. The van der Waals surface area contributed by atoms with Crippen LogP contribution >= 0.6 is 0 Å². The van der Waals surface area contributed by atoms with Crippen LogP contribution in [0, 0.1) is 0 Å². The topological polar surface area (TPSA) is 95.6 Å². The van der Waals surface area contributed by atoms with Gasteiger partial charge in [0.2, 0.25) is 5.91 Å². The summed E-state index contributed by atoms with van der Waals surface area (Å²) in [6.07, 6.45) is 1.02. The lowest BCUT2D eigenvalue weighted by atomic mass is 9.91. The highest BCUT2D eigenvalue weighted by molar-refractivity contribution is 5.92. The molecule has 3 heterocycles. The lowest BCUT2D eigenvalue weighted by molar-refractivity contribution is -0.141. The molecular weight excluding hydrogens is 385 g/mol. The number of carbonyl (C=O) groups excluding carboxylic acids is 1. The number of nitrogens with zero attached hydrogens (tertiary/aromatic N) is 3. The van der Waals surface area contributed by atoms with Gasteiger partial charge in [-0.2, -0.15) is 13.2 Å². The molecule has 3 rings (SSSR count). The van der Waals surface area contributed by atoms with Crippen molar-refractivity contribution in [3.8, 4) is 11.4 Å². The number of alkyl halides is 3. The third-order valence-corrected chi connectivity index (χ3v) is 4.81. The van der Waals surface area contributed by atoms with Gasteiger partial charge in [-0.3, -0.25) is 4.79 Å². The summed E-state index contributed by atoms with van der Waals surface area (Å²) in [5.41, 5.74) is 0.197. The quantitative estimate of drug-likeness (QED) is 0.556. The summed E-state index contributed by atoms with van der Waals surface area (Å²) in [6, 6.07) is 5.25. The number of rotatable bonds is 7. The number of hydrogen-bond acceptors (Lipinski definition) is 5. The van der Waals surface area contributed by atoms with Crippen LogP contribution in [-0.4, -0.2) is 44.1 Å². The minimum absolute atomic E-state index is 0.281. The van der Waals surface area contributed by atoms with E-state index in [4.69, 9.17) is 0 Å². The Bertz CT molecular complexity index is 997. The zero-order chi connectivity index (χ0) is 21.1. The first-order chi connectivity index (χ1) is 13.8. The van der Waals surface area contributed by atoms with E-state index in [0.29, 0.717) is 17.3 Å². The average Bonchev–Trinajstić information content (AvgIpc) is 3.14. The van der Waals surface area contributed by atoms with Crippen molar-refractivity contribution in [2.24, 2.45) is 0 Å². The van der Waals surface area contributed by atoms with Crippen LogP contribution in [0.4, 0.5) is 19.0 Å². The number of amides is 1. The fourth-order valence-corrected chi connectivity index (χ4v) is 3.10. The summed E-state index contributed by atoms with van der Waals surface area (Å²) < 4.78 is 37.5. The molecule has 0 aliphatic heterocycles. The molecule has 3 aromatic heterocycles. The van der Waals surface area contributed by atoms with E-state index in [2.05, 4.69) is 25.3 Å². The molecule has 0 unspecified atom stereocenters. The summed E-state index contributed by atoms with van der Waals surface area (Å²) in [5.74, 6) is 0.0291. The van der Waals surface area contributed by atoms with Crippen molar-refractivity contribution in [3.63, 3.8) is 0 Å². The molecule has 3 aromatic rings. The molecule has 0 aliphatic rings. The Labute approximate surface area is 165 Å². The molecule has 0 atom stereocenters. The fourth-order valence-electron chi connectivity index (χ4n) is 3.10. The molecule has 0 bridgehead atoms. The number of H-pyrrole nitrogens is 1.